The third-order valence-electron chi connectivity index (χ3n) is 10.3. The Morgan fingerprint density at radius 2 is 0.865 bits per heavy atom. The van der Waals surface area contributed by atoms with Gasteiger partial charge in [-0.1, -0.05) is 146 Å². The van der Waals surface area contributed by atoms with Crippen LogP contribution < -0.4 is 4.90 Å². The maximum atomic E-state index is 6.33. The van der Waals surface area contributed by atoms with E-state index >= 15 is 0 Å². The van der Waals surface area contributed by atoms with E-state index in [-0.39, 0.29) is 0 Å². The van der Waals surface area contributed by atoms with Crippen molar-refractivity contribution < 1.29 is 4.42 Å². The Morgan fingerprint density at radius 3 is 1.63 bits per heavy atom. The lowest BCUT2D eigenvalue weighted by Crippen LogP contribution is -2.10. The van der Waals surface area contributed by atoms with Crippen molar-refractivity contribution in [1.82, 2.24) is 0 Å². The molecule has 0 amide bonds. The van der Waals surface area contributed by atoms with E-state index in [9.17, 15) is 0 Å². The molecule has 0 radical (unpaired) electrons. The van der Waals surface area contributed by atoms with Crippen molar-refractivity contribution in [2.24, 2.45) is 0 Å². The molecule has 52 heavy (non-hydrogen) atoms. The predicted octanol–water partition coefficient (Wildman–Crippen LogP) is 14.4. The van der Waals surface area contributed by atoms with Gasteiger partial charge < -0.3 is 9.32 Å². The van der Waals surface area contributed by atoms with Crippen LogP contribution in [0.25, 0.3) is 76.9 Å². The second-order valence-electron chi connectivity index (χ2n) is 13.3. The van der Waals surface area contributed by atoms with Gasteiger partial charge in [0.05, 0.1) is 11.1 Å². The Kier molecular flexibility index (Phi) is 7.18. The minimum absolute atomic E-state index is 0.876. The summed E-state index contributed by atoms with van der Waals surface area (Å²) in [5.41, 5.74) is 12.3. The SMILES string of the molecule is c1ccc(-c2ccc(N(c3ccc(-c4ccc5cc(-c6cccc7ccccc67)ccc5c4)cc3)c3cccc4oc5ccccc5c34)cc2)cc1. The largest absolute Gasteiger partial charge is 0.456 e. The second kappa shape index (κ2) is 12.5. The van der Waals surface area contributed by atoms with E-state index < -0.39 is 0 Å². The van der Waals surface area contributed by atoms with Crippen molar-refractivity contribution in [1.29, 1.82) is 0 Å². The predicted molar refractivity (Wildman–Crippen MR) is 220 cm³/mol. The van der Waals surface area contributed by atoms with Crippen LogP contribution in [0.4, 0.5) is 17.1 Å². The fourth-order valence-electron chi connectivity index (χ4n) is 7.68. The third kappa shape index (κ3) is 5.21. The van der Waals surface area contributed by atoms with Gasteiger partial charge in [0.15, 0.2) is 0 Å². The van der Waals surface area contributed by atoms with E-state index in [1.807, 2.05) is 12.1 Å². The molecule has 1 aromatic heterocycles. The molecule has 0 atom stereocenters. The first-order valence-corrected chi connectivity index (χ1v) is 17.8. The van der Waals surface area contributed by atoms with Gasteiger partial charge in [-0.25, -0.2) is 0 Å². The molecule has 2 nitrogen and oxygen atoms in total. The molecule has 0 fully saturated rings. The molecular weight excluding hydrogens is 631 g/mol. The van der Waals surface area contributed by atoms with E-state index in [4.69, 9.17) is 4.42 Å². The van der Waals surface area contributed by atoms with Crippen molar-refractivity contribution in [2.45, 2.75) is 0 Å². The maximum Gasteiger partial charge on any atom is 0.137 e. The number of rotatable bonds is 6. The first kappa shape index (κ1) is 30.0. The Balaban J connectivity index is 1.04. The van der Waals surface area contributed by atoms with Gasteiger partial charge in [0.2, 0.25) is 0 Å². The zero-order valence-corrected chi connectivity index (χ0v) is 28.4. The van der Waals surface area contributed by atoms with Crippen LogP contribution in [0.15, 0.2) is 205 Å². The molecule has 0 aliphatic carbocycles. The van der Waals surface area contributed by atoms with Crippen LogP contribution >= 0.6 is 0 Å². The van der Waals surface area contributed by atoms with Crippen molar-refractivity contribution in [3.63, 3.8) is 0 Å². The molecule has 0 unspecified atom stereocenters. The Hall–Kier alpha value is -6.90. The summed E-state index contributed by atoms with van der Waals surface area (Å²) in [6.45, 7) is 0. The average molecular weight is 664 g/mol. The number of hydrogen-bond donors (Lipinski definition) is 0. The number of nitrogens with zero attached hydrogens (tertiary/aromatic N) is 1. The van der Waals surface area contributed by atoms with Gasteiger partial charge in [0.1, 0.15) is 11.2 Å². The van der Waals surface area contributed by atoms with E-state index in [0.29, 0.717) is 0 Å². The lowest BCUT2D eigenvalue weighted by atomic mass is 9.95. The zero-order valence-electron chi connectivity index (χ0n) is 28.4. The number of hydrogen-bond acceptors (Lipinski definition) is 2. The van der Waals surface area contributed by atoms with E-state index in [2.05, 4.69) is 193 Å². The van der Waals surface area contributed by atoms with Gasteiger partial charge in [-0.3, -0.25) is 0 Å². The fourth-order valence-corrected chi connectivity index (χ4v) is 7.68. The Bertz CT molecular complexity index is 2880. The normalized spacial score (nSPS) is 11.5. The third-order valence-corrected chi connectivity index (χ3v) is 10.3. The summed E-state index contributed by atoms with van der Waals surface area (Å²) < 4.78 is 6.33. The van der Waals surface area contributed by atoms with E-state index in [1.165, 1.54) is 54.9 Å². The number of anilines is 3. The van der Waals surface area contributed by atoms with Crippen LogP contribution in [0, 0.1) is 0 Å². The van der Waals surface area contributed by atoms with Crippen LogP contribution in [0.5, 0.6) is 0 Å². The van der Waals surface area contributed by atoms with Crippen LogP contribution in [0.1, 0.15) is 0 Å². The highest BCUT2D eigenvalue weighted by atomic mass is 16.3. The molecule has 0 saturated heterocycles. The highest BCUT2D eigenvalue weighted by molar-refractivity contribution is 6.13. The Morgan fingerprint density at radius 1 is 0.327 bits per heavy atom. The fraction of sp³-hybridized carbons (Fsp3) is 0. The van der Waals surface area contributed by atoms with Crippen molar-refractivity contribution in [3.05, 3.63) is 200 Å². The van der Waals surface area contributed by atoms with Crippen molar-refractivity contribution in [2.75, 3.05) is 4.90 Å². The first-order valence-electron chi connectivity index (χ1n) is 17.8. The van der Waals surface area contributed by atoms with Gasteiger partial charge in [0.25, 0.3) is 0 Å². The summed E-state index contributed by atoms with van der Waals surface area (Å²) in [4.78, 5) is 2.35. The van der Waals surface area contributed by atoms with Gasteiger partial charge in [-0.05, 0) is 110 Å². The summed E-state index contributed by atoms with van der Waals surface area (Å²) in [6, 6.07) is 71.7. The average Bonchev–Trinajstić information content (AvgIpc) is 3.61. The highest BCUT2D eigenvalue weighted by Crippen LogP contribution is 2.43. The molecule has 244 valence electrons. The Labute approximate surface area is 302 Å². The maximum absolute atomic E-state index is 6.33. The summed E-state index contributed by atoms with van der Waals surface area (Å²) >= 11 is 0. The molecule has 0 N–H and O–H groups in total. The smallest absolute Gasteiger partial charge is 0.137 e. The summed E-state index contributed by atoms with van der Waals surface area (Å²) in [5.74, 6) is 0. The van der Waals surface area contributed by atoms with Gasteiger partial charge in [-0.15, -0.1) is 0 Å². The van der Waals surface area contributed by atoms with Crippen LogP contribution in [0.2, 0.25) is 0 Å². The first-order chi connectivity index (χ1) is 25.8. The molecule has 10 rings (SSSR count). The van der Waals surface area contributed by atoms with Crippen molar-refractivity contribution >= 4 is 60.5 Å². The zero-order chi connectivity index (χ0) is 34.4. The monoisotopic (exact) mass is 663 g/mol. The lowest BCUT2D eigenvalue weighted by Gasteiger charge is -2.26. The molecule has 1 heterocycles. The molecule has 9 aromatic carbocycles. The minimum atomic E-state index is 0.876. The van der Waals surface area contributed by atoms with Crippen LogP contribution in [-0.4, -0.2) is 0 Å². The molecule has 0 aliphatic heterocycles. The topological polar surface area (TPSA) is 16.4 Å². The molecule has 2 heteroatoms. The molecule has 10 aromatic rings. The lowest BCUT2D eigenvalue weighted by molar-refractivity contribution is 0.669. The summed E-state index contributed by atoms with van der Waals surface area (Å²) in [5, 5.41) is 7.21. The number of furan rings is 1. The summed E-state index contributed by atoms with van der Waals surface area (Å²) in [6.07, 6.45) is 0. The standard InChI is InChI=1S/C50H33NO/c1-2-10-34(11-3-1)35-24-28-42(29-25-35)51(47-17-9-19-49-50(47)46-15-6-7-18-48(46)52-49)43-30-26-36(27-31-43)38-20-21-40-33-41(23-22-39(40)32-38)45-16-8-13-37-12-4-5-14-44(37)45/h1-33H. The van der Waals surface area contributed by atoms with E-state index in [1.54, 1.807) is 0 Å². The molecule has 0 spiro atoms. The second-order valence-corrected chi connectivity index (χ2v) is 13.3. The van der Waals surface area contributed by atoms with Gasteiger partial charge in [0, 0.05) is 16.8 Å². The van der Waals surface area contributed by atoms with Crippen molar-refractivity contribution in [3.8, 4) is 33.4 Å². The molecular formula is C50H33NO. The molecule has 0 bridgehead atoms. The van der Waals surface area contributed by atoms with E-state index in [0.717, 1.165) is 39.0 Å². The molecule has 0 saturated carbocycles. The van der Waals surface area contributed by atoms with Crippen LogP contribution in [-0.2, 0) is 0 Å². The van der Waals surface area contributed by atoms with Crippen LogP contribution in [0.3, 0.4) is 0 Å². The van der Waals surface area contributed by atoms with Gasteiger partial charge in [-0.2, -0.15) is 0 Å². The van der Waals surface area contributed by atoms with Gasteiger partial charge >= 0.3 is 0 Å². The summed E-state index contributed by atoms with van der Waals surface area (Å²) in [7, 11) is 0. The molecule has 0 aliphatic rings. The number of fused-ring (bicyclic) bond motifs is 5. The minimum Gasteiger partial charge on any atom is -0.456 e. The number of benzene rings is 9. The number of para-hydroxylation sites is 1. The quantitative estimate of drug-likeness (QED) is 0.176. The highest BCUT2D eigenvalue weighted by Gasteiger charge is 2.19.